The van der Waals surface area contributed by atoms with Crippen LogP contribution >= 0.6 is 0 Å². The highest BCUT2D eigenvalue weighted by Crippen LogP contribution is 2.39. The molecule has 3 atom stereocenters. The third-order valence-electron chi connectivity index (χ3n) is 3.58. The Balaban J connectivity index is 1.73. The van der Waals surface area contributed by atoms with Gasteiger partial charge < -0.3 is 10.4 Å². The molecule has 2 saturated carbocycles. The Morgan fingerprint density at radius 2 is 2.23 bits per heavy atom. The Morgan fingerprint density at radius 1 is 1.46 bits per heavy atom. The van der Waals surface area contributed by atoms with Crippen molar-refractivity contribution in [1.82, 2.24) is 5.32 Å². The lowest BCUT2D eigenvalue weighted by Crippen LogP contribution is -2.30. The molecule has 2 heteroatoms. The second kappa shape index (κ2) is 3.25. The zero-order valence-corrected chi connectivity index (χ0v) is 8.71. The van der Waals surface area contributed by atoms with Crippen LogP contribution in [0.3, 0.4) is 0 Å². The minimum absolute atomic E-state index is 0.369. The molecule has 13 heavy (non-hydrogen) atoms. The van der Waals surface area contributed by atoms with Crippen molar-refractivity contribution in [3.63, 3.8) is 0 Å². The van der Waals surface area contributed by atoms with Crippen molar-refractivity contribution in [2.75, 3.05) is 6.61 Å². The van der Waals surface area contributed by atoms with Gasteiger partial charge in [-0.1, -0.05) is 13.8 Å². The van der Waals surface area contributed by atoms with E-state index in [1.165, 1.54) is 25.7 Å². The van der Waals surface area contributed by atoms with Gasteiger partial charge in [-0.25, -0.2) is 0 Å². The Bertz CT molecular complexity index is 191. The van der Waals surface area contributed by atoms with E-state index in [-0.39, 0.29) is 0 Å². The number of hydrogen-bond donors (Lipinski definition) is 2. The van der Waals surface area contributed by atoms with Crippen molar-refractivity contribution in [3.05, 3.63) is 0 Å². The van der Waals surface area contributed by atoms with Crippen LogP contribution in [0.1, 0.15) is 39.5 Å². The summed E-state index contributed by atoms with van der Waals surface area (Å²) in [5.74, 6) is 0.559. The van der Waals surface area contributed by atoms with Crippen molar-refractivity contribution in [3.8, 4) is 0 Å². The lowest BCUT2D eigenvalue weighted by atomic mass is 9.92. The highest BCUT2D eigenvalue weighted by Gasteiger charge is 2.40. The first-order valence-electron chi connectivity index (χ1n) is 5.48. The predicted molar refractivity (Wildman–Crippen MR) is 53.5 cm³/mol. The van der Waals surface area contributed by atoms with Gasteiger partial charge in [-0.3, -0.25) is 0 Å². The lowest BCUT2D eigenvalue weighted by molar-refractivity contribution is 0.268. The topological polar surface area (TPSA) is 32.3 Å². The molecule has 0 heterocycles. The summed E-state index contributed by atoms with van der Waals surface area (Å²) in [7, 11) is 0. The molecular weight excluding hydrogens is 162 g/mol. The first-order chi connectivity index (χ1) is 6.11. The van der Waals surface area contributed by atoms with Crippen molar-refractivity contribution >= 4 is 0 Å². The fourth-order valence-electron chi connectivity index (χ4n) is 2.53. The van der Waals surface area contributed by atoms with E-state index < -0.39 is 0 Å². The van der Waals surface area contributed by atoms with Gasteiger partial charge in [-0.15, -0.1) is 0 Å². The van der Waals surface area contributed by atoms with Crippen molar-refractivity contribution in [2.45, 2.75) is 51.6 Å². The molecule has 0 saturated heterocycles. The molecule has 0 radical (unpaired) electrons. The molecule has 2 aliphatic carbocycles. The monoisotopic (exact) mass is 183 g/mol. The molecular formula is C11H21NO. The average Bonchev–Trinajstić information content (AvgIpc) is 2.70. The molecule has 1 unspecified atom stereocenters. The average molecular weight is 183 g/mol. The third-order valence-corrected chi connectivity index (χ3v) is 3.58. The van der Waals surface area contributed by atoms with E-state index in [2.05, 4.69) is 19.2 Å². The molecule has 0 aromatic heterocycles. The van der Waals surface area contributed by atoms with Crippen LogP contribution in [0.2, 0.25) is 0 Å². The van der Waals surface area contributed by atoms with E-state index in [0.29, 0.717) is 24.0 Å². The molecule has 2 fully saturated rings. The van der Waals surface area contributed by atoms with Gasteiger partial charge in [0.05, 0.1) is 0 Å². The minimum atomic E-state index is 0.369. The molecule has 2 nitrogen and oxygen atoms in total. The quantitative estimate of drug-likeness (QED) is 0.695. The molecule has 0 aromatic carbocycles. The summed E-state index contributed by atoms with van der Waals surface area (Å²) in [6.45, 7) is 5.07. The SMILES string of the molecule is CC1(C)CCC(N[C@@H]2C[C@H]2CO)C1. The number of aliphatic hydroxyl groups is 1. The van der Waals surface area contributed by atoms with E-state index >= 15 is 0 Å². The molecule has 2 aliphatic rings. The number of nitrogens with one attached hydrogen (secondary N) is 1. The van der Waals surface area contributed by atoms with Crippen LogP contribution in [0.4, 0.5) is 0 Å². The number of aliphatic hydroxyl groups excluding tert-OH is 1. The Kier molecular flexibility index (Phi) is 2.37. The highest BCUT2D eigenvalue weighted by atomic mass is 16.3. The molecule has 0 spiro atoms. The molecule has 2 N–H and O–H groups in total. The van der Waals surface area contributed by atoms with Crippen LogP contribution in [0, 0.1) is 11.3 Å². The normalized spacial score (nSPS) is 42.2. The van der Waals surface area contributed by atoms with Crippen LogP contribution in [0.5, 0.6) is 0 Å². The molecule has 0 bridgehead atoms. The maximum Gasteiger partial charge on any atom is 0.0474 e. The molecule has 76 valence electrons. The Hall–Kier alpha value is -0.0800. The van der Waals surface area contributed by atoms with Crippen LogP contribution in [0.15, 0.2) is 0 Å². The maximum atomic E-state index is 8.91. The standard InChI is InChI=1S/C11H21NO/c1-11(2)4-3-9(6-11)12-10-5-8(10)7-13/h8-10,12-13H,3-7H2,1-2H3/t8-,9?,10+/m0/s1. The maximum absolute atomic E-state index is 8.91. The van der Waals surface area contributed by atoms with Gasteiger partial charge in [-0.2, -0.15) is 0 Å². The predicted octanol–water partition coefficient (Wildman–Crippen LogP) is 1.54. The Labute approximate surface area is 80.7 Å². The van der Waals surface area contributed by atoms with Gasteiger partial charge in [0, 0.05) is 18.7 Å². The summed E-state index contributed by atoms with van der Waals surface area (Å²) in [4.78, 5) is 0. The zero-order valence-electron chi connectivity index (χ0n) is 8.71. The van der Waals surface area contributed by atoms with E-state index in [1.807, 2.05) is 0 Å². The fraction of sp³-hybridized carbons (Fsp3) is 1.00. The summed E-state index contributed by atoms with van der Waals surface area (Å²) in [6.07, 6.45) is 5.16. The zero-order chi connectivity index (χ0) is 9.47. The minimum Gasteiger partial charge on any atom is -0.396 e. The van der Waals surface area contributed by atoms with Gasteiger partial charge in [-0.05, 0) is 37.0 Å². The van der Waals surface area contributed by atoms with E-state index in [1.54, 1.807) is 0 Å². The van der Waals surface area contributed by atoms with E-state index in [4.69, 9.17) is 5.11 Å². The first-order valence-corrected chi connectivity index (χ1v) is 5.48. The van der Waals surface area contributed by atoms with Gasteiger partial charge in [0.1, 0.15) is 0 Å². The third kappa shape index (κ3) is 2.23. The van der Waals surface area contributed by atoms with Crippen LogP contribution < -0.4 is 5.32 Å². The van der Waals surface area contributed by atoms with Gasteiger partial charge in [0.25, 0.3) is 0 Å². The largest absolute Gasteiger partial charge is 0.396 e. The summed E-state index contributed by atoms with van der Waals surface area (Å²) >= 11 is 0. The molecule has 0 aliphatic heterocycles. The lowest BCUT2D eigenvalue weighted by Gasteiger charge is -2.17. The van der Waals surface area contributed by atoms with Crippen molar-refractivity contribution < 1.29 is 5.11 Å². The molecule has 0 aromatic rings. The second-order valence-electron chi connectivity index (χ2n) is 5.56. The Morgan fingerprint density at radius 3 is 2.69 bits per heavy atom. The molecule has 2 rings (SSSR count). The summed E-state index contributed by atoms with van der Waals surface area (Å²) in [6, 6.07) is 1.35. The smallest absolute Gasteiger partial charge is 0.0474 e. The summed E-state index contributed by atoms with van der Waals surface area (Å²) in [5, 5.41) is 12.6. The van der Waals surface area contributed by atoms with Gasteiger partial charge in [0.2, 0.25) is 0 Å². The van der Waals surface area contributed by atoms with Crippen molar-refractivity contribution in [2.24, 2.45) is 11.3 Å². The van der Waals surface area contributed by atoms with Crippen LogP contribution in [0.25, 0.3) is 0 Å². The fourth-order valence-corrected chi connectivity index (χ4v) is 2.53. The highest BCUT2D eigenvalue weighted by molar-refractivity contribution is 4.97. The van der Waals surface area contributed by atoms with Gasteiger partial charge in [0.15, 0.2) is 0 Å². The van der Waals surface area contributed by atoms with E-state index in [0.717, 1.165) is 6.04 Å². The summed E-state index contributed by atoms with van der Waals surface area (Å²) in [5.41, 5.74) is 0.543. The van der Waals surface area contributed by atoms with Crippen LogP contribution in [-0.2, 0) is 0 Å². The van der Waals surface area contributed by atoms with E-state index in [9.17, 15) is 0 Å². The number of rotatable bonds is 3. The molecule has 0 amide bonds. The summed E-state index contributed by atoms with van der Waals surface area (Å²) < 4.78 is 0. The second-order valence-corrected chi connectivity index (χ2v) is 5.56. The van der Waals surface area contributed by atoms with Crippen LogP contribution in [-0.4, -0.2) is 23.8 Å². The first kappa shape index (κ1) is 9.47. The van der Waals surface area contributed by atoms with Gasteiger partial charge >= 0.3 is 0 Å². The van der Waals surface area contributed by atoms with Crippen molar-refractivity contribution in [1.29, 1.82) is 0 Å². The number of hydrogen-bond acceptors (Lipinski definition) is 2.